The van der Waals surface area contributed by atoms with Crippen LogP contribution in [-0.2, 0) is 17.9 Å². The summed E-state index contributed by atoms with van der Waals surface area (Å²) in [5, 5.41) is 10.8. The molecule has 0 unspecified atom stereocenters. The van der Waals surface area contributed by atoms with Crippen molar-refractivity contribution in [2.45, 2.75) is 65.5 Å². The zero-order valence-electron chi connectivity index (χ0n) is 18.7. The molecule has 2 heterocycles. The zero-order valence-corrected chi connectivity index (χ0v) is 21.0. The average molecular weight is 539 g/mol. The van der Waals surface area contributed by atoms with Crippen LogP contribution < -0.4 is 15.5 Å². The number of nitrogens with zero attached hydrogens (tertiary/aromatic N) is 3. The van der Waals surface area contributed by atoms with Crippen molar-refractivity contribution in [1.29, 1.82) is 0 Å². The van der Waals surface area contributed by atoms with Crippen LogP contribution >= 0.6 is 24.0 Å². The molecular weight excluding hydrogens is 505 g/mol. The minimum Gasteiger partial charge on any atom is -0.359 e. The normalized spacial score (nSPS) is 14.1. The molecule has 1 saturated heterocycles. The highest BCUT2D eigenvalue weighted by Crippen LogP contribution is 2.23. The highest BCUT2D eigenvalue weighted by Gasteiger charge is 2.21. The molecule has 1 aromatic carbocycles. The van der Waals surface area contributed by atoms with Gasteiger partial charge < -0.3 is 20.1 Å². The van der Waals surface area contributed by atoms with E-state index in [0.717, 1.165) is 61.0 Å². The van der Waals surface area contributed by atoms with Gasteiger partial charge in [0.05, 0.1) is 18.8 Å². The summed E-state index contributed by atoms with van der Waals surface area (Å²) in [6.07, 6.45) is 3.70. The molecule has 31 heavy (non-hydrogen) atoms. The number of aliphatic imine (C=N–C) groups is 1. The maximum Gasteiger partial charge on any atom is 0.227 e. The van der Waals surface area contributed by atoms with E-state index in [9.17, 15) is 4.79 Å². The molecule has 2 aromatic rings. The van der Waals surface area contributed by atoms with E-state index in [1.807, 2.05) is 42.2 Å². The Labute approximate surface area is 202 Å². The van der Waals surface area contributed by atoms with Gasteiger partial charge in [-0.2, -0.15) is 0 Å². The first-order valence-corrected chi connectivity index (χ1v) is 11.0. The summed E-state index contributed by atoms with van der Waals surface area (Å²) in [6.45, 7) is 9.06. The number of nitrogens with one attached hydrogen (secondary N) is 2. The molecule has 1 aliphatic heterocycles. The van der Waals surface area contributed by atoms with E-state index < -0.39 is 0 Å². The molecule has 1 aliphatic rings. The fourth-order valence-electron chi connectivity index (χ4n) is 3.70. The van der Waals surface area contributed by atoms with Crippen molar-refractivity contribution in [1.82, 2.24) is 15.8 Å². The Morgan fingerprint density at radius 2 is 1.94 bits per heavy atom. The fourth-order valence-corrected chi connectivity index (χ4v) is 3.70. The molecule has 1 aromatic heterocycles. The predicted molar refractivity (Wildman–Crippen MR) is 135 cm³/mol. The molecule has 7 nitrogen and oxygen atoms in total. The number of guanidine groups is 1. The number of hydrogen-bond donors (Lipinski definition) is 2. The van der Waals surface area contributed by atoms with Crippen molar-refractivity contribution in [2.24, 2.45) is 4.99 Å². The van der Waals surface area contributed by atoms with Gasteiger partial charge in [0.1, 0.15) is 0 Å². The Balaban J connectivity index is 0.00000341. The van der Waals surface area contributed by atoms with Gasteiger partial charge in [-0.25, -0.2) is 4.99 Å². The highest BCUT2D eigenvalue weighted by atomic mass is 127. The Hall–Kier alpha value is -2.10. The van der Waals surface area contributed by atoms with Gasteiger partial charge in [0.2, 0.25) is 5.91 Å². The van der Waals surface area contributed by atoms with Crippen molar-refractivity contribution in [3.8, 4) is 0 Å². The molecule has 2 N–H and O–H groups in total. The van der Waals surface area contributed by atoms with Crippen LogP contribution in [0.1, 0.15) is 69.4 Å². The second-order valence-corrected chi connectivity index (χ2v) is 7.60. The molecule has 1 fully saturated rings. The van der Waals surface area contributed by atoms with E-state index >= 15 is 0 Å². The topological polar surface area (TPSA) is 82.8 Å². The van der Waals surface area contributed by atoms with Gasteiger partial charge in [-0.15, -0.1) is 24.0 Å². The molecule has 0 spiro atoms. The Kier molecular flexibility index (Phi) is 10.3. The molecule has 1 amide bonds. The van der Waals surface area contributed by atoms with E-state index in [2.05, 4.69) is 34.6 Å². The van der Waals surface area contributed by atoms with E-state index in [0.29, 0.717) is 25.4 Å². The monoisotopic (exact) mass is 539 g/mol. The number of carbonyl (C=O) groups is 1. The lowest BCUT2D eigenvalue weighted by Gasteiger charge is -2.15. The van der Waals surface area contributed by atoms with Gasteiger partial charge in [0.15, 0.2) is 11.7 Å². The highest BCUT2D eigenvalue weighted by molar-refractivity contribution is 14.0. The van der Waals surface area contributed by atoms with E-state index in [-0.39, 0.29) is 29.9 Å². The summed E-state index contributed by atoms with van der Waals surface area (Å²) < 4.78 is 5.48. The lowest BCUT2D eigenvalue weighted by molar-refractivity contribution is -0.117. The van der Waals surface area contributed by atoms with Gasteiger partial charge in [-0.3, -0.25) is 4.79 Å². The molecule has 0 bridgehead atoms. The van der Waals surface area contributed by atoms with Crippen LogP contribution in [-0.4, -0.2) is 30.1 Å². The van der Waals surface area contributed by atoms with Gasteiger partial charge in [0.25, 0.3) is 0 Å². The van der Waals surface area contributed by atoms with Crippen LogP contribution in [0.25, 0.3) is 0 Å². The Bertz CT molecular complexity index is 846. The lowest BCUT2D eigenvalue weighted by atomic mass is 9.99. The van der Waals surface area contributed by atoms with Crippen LogP contribution in [0, 0.1) is 0 Å². The first-order chi connectivity index (χ1) is 14.6. The molecule has 8 heteroatoms. The number of rotatable bonds is 9. The van der Waals surface area contributed by atoms with Gasteiger partial charge in [-0.1, -0.05) is 31.1 Å². The summed E-state index contributed by atoms with van der Waals surface area (Å²) in [6, 6.07) is 10.1. The van der Waals surface area contributed by atoms with Crippen molar-refractivity contribution in [2.75, 3.05) is 18.0 Å². The first kappa shape index (κ1) is 25.2. The Morgan fingerprint density at radius 3 is 2.55 bits per heavy atom. The smallest absolute Gasteiger partial charge is 0.227 e. The number of hydrogen-bond acceptors (Lipinski definition) is 4. The van der Waals surface area contributed by atoms with Gasteiger partial charge >= 0.3 is 0 Å². The number of benzene rings is 1. The quantitative estimate of drug-likeness (QED) is 0.277. The number of amides is 1. The van der Waals surface area contributed by atoms with Crippen molar-refractivity contribution in [3.63, 3.8) is 0 Å². The van der Waals surface area contributed by atoms with Crippen molar-refractivity contribution in [3.05, 3.63) is 47.3 Å². The van der Waals surface area contributed by atoms with Crippen LogP contribution in [0.5, 0.6) is 0 Å². The second kappa shape index (κ2) is 12.7. The molecule has 0 radical (unpaired) electrons. The van der Waals surface area contributed by atoms with E-state index in [1.165, 1.54) is 0 Å². The molecule has 0 saturated carbocycles. The molecule has 170 valence electrons. The van der Waals surface area contributed by atoms with Crippen molar-refractivity contribution >= 4 is 41.5 Å². The largest absolute Gasteiger partial charge is 0.359 e. The third-order valence-corrected chi connectivity index (χ3v) is 5.50. The fraction of sp³-hybridized carbons (Fsp3) is 0.522. The first-order valence-electron chi connectivity index (χ1n) is 11.0. The number of aromatic nitrogens is 1. The average Bonchev–Trinajstić information content (AvgIpc) is 3.41. The predicted octanol–water partition coefficient (Wildman–Crippen LogP) is 4.58. The molecular formula is C23H34IN5O2. The number of carbonyl (C=O) groups excluding carboxylic acids is 1. The standard InChI is InChI=1S/C23H33N5O2.HI/c1-4-18(5-2)21-14-20(30-27-21)16-26-23(24-6-3)25-15-17-9-11-19(12-10-17)28-13-7-8-22(28)29;/h9-12,14,18H,4-8,13,15-16H2,1-3H3,(H2,24,25,26);1H. The van der Waals surface area contributed by atoms with Crippen LogP contribution in [0.2, 0.25) is 0 Å². The second-order valence-electron chi connectivity index (χ2n) is 7.60. The lowest BCUT2D eigenvalue weighted by Crippen LogP contribution is -2.36. The third-order valence-electron chi connectivity index (χ3n) is 5.50. The summed E-state index contributed by atoms with van der Waals surface area (Å²) in [5.41, 5.74) is 3.09. The van der Waals surface area contributed by atoms with Crippen LogP contribution in [0.15, 0.2) is 39.8 Å². The van der Waals surface area contributed by atoms with E-state index in [1.54, 1.807) is 0 Å². The molecule has 3 rings (SSSR count). The van der Waals surface area contributed by atoms with Crippen molar-refractivity contribution < 1.29 is 9.32 Å². The van der Waals surface area contributed by atoms with Gasteiger partial charge in [0, 0.05) is 37.2 Å². The SMILES string of the molecule is CCNC(=NCc1ccc(N2CCCC2=O)cc1)NCc1cc(C(CC)CC)no1.I. The minimum atomic E-state index is 0. The zero-order chi connectivity index (χ0) is 21.3. The van der Waals surface area contributed by atoms with Gasteiger partial charge in [-0.05, 0) is 43.9 Å². The number of halogens is 1. The summed E-state index contributed by atoms with van der Waals surface area (Å²) in [5.74, 6) is 2.20. The summed E-state index contributed by atoms with van der Waals surface area (Å²) in [7, 11) is 0. The Morgan fingerprint density at radius 1 is 1.19 bits per heavy atom. The summed E-state index contributed by atoms with van der Waals surface area (Å²) >= 11 is 0. The van der Waals surface area contributed by atoms with Crippen LogP contribution in [0.4, 0.5) is 5.69 Å². The molecule has 0 aliphatic carbocycles. The maximum atomic E-state index is 11.9. The van der Waals surface area contributed by atoms with Crippen LogP contribution in [0.3, 0.4) is 0 Å². The third kappa shape index (κ3) is 6.95. The maximum absolute atomic E-state index is 11.9. The summed E-state index contributed by atoms with van der Waals surface area (Å²) in [4.78, 5) is 18.4. The van der Waals surface area contributed by atoms with E-state index in [4.69, 9.17) is 4.52 Å². The number of anilines is 1. The minimum absolute atomic E-state index is 0. The molecule has 0 atom stereocenters.